The Morgan fingerprint density at radius 3 is 2.75 bits per heavy atom. The molecule has 0 spiro atoms. The molecular weight excluding hydrogens is 379 g/mol. The van der Waals surface area contributed by atoms with E-state index in [4.69, 9.17) is 11.6 Å². The number of benzene rings is 2. The van der Waals surface area contributed by atoms with Crippen molar-refractivity contribution in [3.8, 4) is 11.4 Å². The second kappa shape index (κ2) is 8.10. The molecule has 1 aliphatic heterocycles. The zero-order valence-electron chi connectivity index (χ0n) is 15.3. The van der Waals surface area contributed by atoms with Gasteiger partial charge in [0.15, 0.2) is 5.82 Å². The fourth-order valence-electron chi connectivity index (χ4n) is 3.45. The number of aromatic nitrogens is 3. The third-order valence-electron chi connectivity index (χ3n) is 4.88. The Hall–Kier alpha value is -2.73. The summed E-state index contributed by atoms with van der Waals surface area (Å²) in [6.45, 7) is 0.782. The van der Waals surface area contributed by atoms with Crippen molar-refractivity contribution >= 4 is 23.2 Å². The second-order valence-electron chi connectivity index (χ2n) is 6.95. The first-order valence-corrected chi connectivity index (χ1v) is 9.74. The second-order valence-corrected chi connectivity index (χ2v) is 7.38. The first-order valence-electron chi connectivity index (χ1n) is 9.36. The molecular formula is C21H20ClFN4O. The Kier molecular flexibility index (Phi) is 5.39. The first-order chi connectivity index (χ1) is 13.6. The van der Waals surface area contributed by atoms with Crippen LogP contribution in [0.15, 0.2) is 42.5 Å². The number of fused-ring (bicyclic) bond motifs is 1. The van der Waals surface area contributed by atoms with E-state index in [1.54, 1.807) is 24.3 Å². The molecule has 0 bridgehead atoms. The number of amides is 1. The van der Waals surface area contributed by atoms with Crippen LogP contribution in [-0.4, -0.2) is 20.7 Å². The summed E-state index contributed by atoms with van der Waals surface area (Å²) in [5.41, 5.74) is 1.73. The van der Waals surface area contributed by atoms with E-state index in [1.165, 1.54) is 6.07 Å². The Bertz CT molecular complexity index is 1000. The van der Waals surface area contributed by atoms with Crippen LogP contribution in [0.4, 0.5) is 10.1 Å². The summed E-state index contributed by atoms with van der Waals surface area (Å²) in [5, 5.41) is 11.9. The van der Waals surface area contributed by atoms with Crippen LogP contribution in [0.3, 0.4) is 0 Å². The van der Waals surface area contributed by atoms with Crippen molar-refractivity contribution in [2.24, 2.45) is 0 Å². The number of rotatable bonds is 4. The fourth-order valence-corrected chi connectivity index (χ4v) is 3.58. The monoisotopic (exact) mass is 398 g/mol. The molecule has 1 aromatic heterocycles. The topological polar surface area (TPSA) is 59.8 Å². The minimum absolute atomic E-state index is 0.181. The summed E-state index contributed by atoms with van der Waals surface area (Å²) in [6.07, 6.45) is 4.29. The van der Waals surface area contributed by atoms with Crippen LogP contribution in [-0.2, 0) is 24.2 Å². The minimum atomic E-state index is -0.379. The maximum atomic E-state index is 14.5. The summed E-state index contributed by atoms with van der Waals surface area (Å²) in [7, 11) is 0. The van der Waals surface area contributed by atoms with E-state index in [1.807, 2.05) is 16.7 Å². The quantitative estimate of drug-likeness (QED) is 0.696. The SMILES string of the molecule is O=C(Cc1ccc(Cl)cc1)Nc1ccc(F)c(-c2nnc3n2CCCCC3)c1. The van der Waals surface area contributed by atoms with Gasteiger partial charge in [-0.15, -0.1) is 10.2 Å². The lowest BCUT2D eigenvalue weighted by molar-refractivity contribution is -0.115. The molecule has 0 atom stereocenters. The van der Waals surface area contributed by atoms with Crippen molar-refractivity contribution in [3.05, 3.63) is 64.7 Å². The Balaban J connectivity index is 1.55. The largest absolute Gasteiger partial charge is 0.326 e. The molecule has 2 heterocycles. The van der Waals surface area contributed by atoms with Crippen molar-refractivity contribution in [3.63, 3.8) is 0 Å². The zero-order valence-corrected chi connectivity index (χ0v) is 16.0. The summed E-state index contributed by atoms with van der Waals surface area (Å²) < 4.78 is 16.5. The van der Waals surface area contributed by atoms with Crippen LogP contribution >= 0.6 is 11.6 Å². The molecule has 3 aromatic rings. The molecule has 1 N–H and O–H groups in total. The fraction of sp³-hybridized carbons (Fsp3) is 0.286. The Morgan fingerprint density at radius 1 is 1.11 bits per heavy atom. The average molecular weight is 399 g/mol. The zero-order chi connectivity index (χ0) is 19.5. The van der Waals surface area contributed by atoms with Gasteiger partial charge in [0.2, 0.25) is 5.91 Å². The number of aryl methyl sites for hydroxylation is 1. The van der Waals surface area contributed by atoms with Crippen LogP contribution in [0, 0.1) is 5.82 Å². The average Bonchev–Trinajstić information content (AvgIpc) is 2.93. The van der Waals surface area contributed by atoms with Crippen molar-refractivity contribution in [1.29, 1.82) is 0 Å². The predicted molar refractivity (Wildman–Crippen MR) is 107 cm³/mol. The molecule has 1 amide bonds. The molecule has 7 heteroatoms. The number of hydrogen-bond donors (Lipinski definition) is 1. The van der Waals surface area contributed by atoms with E-state index < -0.39 is 0 Å². The van der Waals surface area contributed by atoms with Gasteiger partial charge in [0.05, 0.1) is 12.0 Å². The molecule has 0 fully saturated rings. The van der Waals surface area contributed by atoms with Gasteiger partial charge in [-0.25, -0.2) is 4.39 Å². The normalized spacial score (nSPS) is 13.6. The van der Waals surface area contributed by atoms with Crippen molar-refractivity contribution in [2.75, 3.05) is 5.32 Å². The standard InChI is InChI=1S/C21H20ClFN4O/c22-15-7-5-14(6-8-15)12-20(28)24-16-9-10-18(23)17(13-16)21-26-25-19-4-2-1-3-11-27(19)21/h5-10,13H,1-4,11-12H2,(H,24,28). The van der Waals surface area contributed by atoms with Crippen LogP contribution in [0.25, 0.3) is 11.4 Å². The highest BCUT2D eigenvalue weighted by Gasteiger charge is 2.19. The number of anilines is 1. The van der Waals surface area contributed by atoms with Gasteiger partial charge in [-0.1, -0.05) is 30.2 Å². The molecule has 144 valence electrons. The van der Waals surface area contributed by atoms with Crippen molar-refractivity contribution in [2.45, 2.75) is 38.6 Å². The molecule has 0 unspecified atom stereocenters. The molecule has 5 nitrogen and oxygen atoms in total. The molecule has 0 aliphatic carbocycles. The maximum Gasteiger partial charge on any atom is 0.228 e. The lowest BCUT2D eigenvalue weighted by Crippen LogP contribution is -2.14. The van der Waals surface area contributed by atoms with Crippen LogP contribution in [0.2, 0.25) is 5.02 Å². The number of carbonyl (C=O) groups excluding carboxylic acids is 1. The Labute approximate surface area is 167 Å². The number of hydrogen-bond acceptors (Lipinski definition) is 3. The van der Waals surface area contributed by atoms with E-state index in [2.05, 4.69) is 15.5 Å². The van der Waals surface area contributed by atoms with Crippen molar-refractivity contribution < 1.29 is 9.18 Å². The third-order valence-corrected chi connectivity index (χ3v) is 5.13. The summed E-state index contributed by atoms with van der Waals surface area (Å²) in [4.78, 5) is 12.4. The van der Waals surface area contributed by atoms with E-state index >= 15 is 0 Å². The van der Waals surface area contributed by atoms with Crippen molar-refractivity contribution in [1.82, 2.24) is 14.8 Å². The number of carbonyl (C=O) groups is 1. The lowest BCUT2D eigenvalue weighted by atomic mass is 10.1. The summed E-state index contributed by atoms with van der Waals surface area (Å²) in [6, 6.07) is 11.6. The van der Waals surface area contributed by atoms with E-state index in [-0.39, 0.29) is 18.1 Å². The molecule has 0 saturated carbocycles. The minimum Gasteiger partial charge on any atom is -0.326 e. The highest BCUT2D eigenvalue weighted by Crippen LogP contribution is 2.27. The lowest BCUT2D eigenvalue weighted by Gasteiger charge is -2.10. The molecule has 4 rings (SSSR count). The van der Waals surface area contributed by atoms with E-state index in [0.29, 0.717) is 22.1 Å². The molecule has 28 heavy (non-hydrogen) atoms. The number of halogens is 2. The first kappa shape index (κ1) is 18.6. The molecule has 2 aromatic carbocycles. The van der Waals surface area contributed by atoms with Gasteiger partial charge in [-0.3, -0.25) is 4.79 Å². The summed E-state index contributed by atoms with van der Waals surface area (Å²) in [5.74, 6) is 0.849. The van der Waals surface area contributed by atoms with Crippen LogP contribution in [0.1, 0.15) is 30.7 Å². The molecule has 0 saturated heterocycles. The molecule has 0 radical (unpaired) electrons. The van der Waals surface area contributed by atoms with E-state index in [0.717, 1.165) is 43.6 Å². The molecule has 1 aliphatic rings. The summed E-state index contributed by atoms with van der Waals surface area (Å²) >= 11 is 5.87. The third kappa shape index (κ3) is 4.07. The van der Waals surface area contributed by atoms with Gasteiger partial charge in [0.1, 0.15) is 11.6 Å². The van der Waals surface area contributed by atoms with Gasteiger partial charge < -0.3 is 9.88 Å². The van der Waals surface area contributed by atoms with Crippen LogP contribution in [0.5, 0.6) is 0 Å². The van der Waals surface area contributed by atoms with Gasteiger partial charge in [-0.05, 0) is 48.7 Å². The van der Waals surface area contributed by atoms with Gasteiger partial charge in [0.25, 0.3) is 0 Å². The van der Waals surface area contributed by atoms with Gasteiger partial charge >= 0.3 is 0 Å². The smallest absolute Gasteiger partial charge is 0.228 e. The van der Waals surface area contributed by atoms with Gasteiger partial charge in [0, 0.05) is 23.7 Å². The van der Waals surface area contributed by atoms with Crippen LogP contribution < -0.4 is 5.32 Å². The maximum absolute atomic E-state index is 14.5. The van der Waals surface area contributed by atoms with E-state index in [9.17, 15) is 9.18 Å². The van der Waals surface area contributed by atoms with Gasteiger partial charge in [-0.2, -0.15) is 0 Å². The predicted octanol–water partition coefficient (Wildman–Crippen LogP) is 4.65. The number of nitrogens with one attached hydrogen (secondary N) is 1. The Morgan fingerprint density at radius 2 is 1.93 bits per heavy atom. The number of nitrogens with zero attached hydrogens (tertiary/aromatic N) is 3. The highest BCUT2D eigenvalue weighted by molar-refractivity contribution is 6.30. The highest BCUT2D eigenvalue weighted by atomic mass is 35.5.